The van der Waals surface area contributed by atoms with Gasteiger partial charge in [0.1, 0.15) is 6.04 Å². The zero-order valence-corrected chi connectivity index (χ0v) is 17.2. The molecule has 0 radical (unpaired) electrons. The molecule has 0 bridgehead atoms. The lowest BCUT2D eigenvalue weighted by Gasteiger charge is -2.35. The second-order valence-electron chi connectivity index (χ2n) is 8.28. The Bertz CT molecular complexity index is 634. The maximum Gasteiger partial charge on any atom is 0.242 e. The highest BCUT2D eigenvalue weighted by molar-refractivity contribution is 5.87. The van der Waals surface area contributed by atoms with Crippen molar-refractivity contribution in [3.05, 3.63) is 35.9 Å². The molecule has 0 aromatic heterocycles. The van der Waals surface area contributed by atoms with Crippen LogP contribution < -0.4 is 5.32 Å². The monoisotopic (exact) mass is 385 g/mol. The Kier molecular flexibility index (Phi) is 7.90. The minimum Gasteiger partial charge on any atom is -0.354 e. The van der Waals surface area contributed by atoms with E-state index in [2.05, 4.69) is 40.5 Å². The number of piperidine rings is 1. The van der Waals surface area contributed by atoms with Gasteiger partial charge in [-0.1, -0.05) is 43.7 Å². The number of likely N-dealkylation sites (tertiary alicyclic amines) is 2. The number of amides is 2. The Morgan fingerprint density at radius 2 is 1.79 bits per heavy atom. The number of nitrogens with zero attached hydrogens (tertiary/aromatic N) is 2. The summed E-state index contributed by atoms with van der Waals surface area (Å²) in [4.78, 5) is 29.3. The molecular weight excluding hydrogens is 350 g/mol. The predicted molar refractivity (Wildman–Crippen MR) is 112 cm³/mol. The lowest BCUT2D eigenvalue weighted by atomic mass is 9.99. The molecule has 154 valence electrons. The molecule has 2 saturated heterocycles. The molecular formula is C23H35N3O2. The topological polar surface area (TPSA) is 52.7 Å². The summed E-state index contributed by atoms with van der Waals surface area (Å²) in [5.41, 5.74) is 1.35. The van der Waals surface area contributed by atoms with Crippen molar-refractivity contribution in [1.82, 2.24) is 15.1 Å². The highest BCUT2D eigenvalue weighted by Crippen LogP contribution is 2.20. The summed E-state index contributed by atoms with van der Waals surface area (Å²) in [6.45, 7) is 6.44. The zero-order valence-electron chi connectivity index (χ0n) is 17.2. The Morgan fingerprint density at radius 3 is 2.57 bits per heavy atom. The predicted octanol–water partition coefficient (Wildman–Crippen LogP) is 3.20. The van der Waals surface area contributed by atoms with Gasteiger partial charge in [0.2, 0.25) is 11.8 Å². The van der Waals surface area contributed by atoms with Crippen LogP contribution in [0.25, 0.3) is 0 Å². The first-order chi connectivity index (χ1) is 13.7. The van der Waals surface area contributed by atoms with Crippen LogP contribution >= 0.6 is 0 Å². The van der Waals surface area contributed by atoms with Gasteiger partial charge < -0.3 is 10.2 Å². The van der Waals surface area contributed by atoms with E-state index >= 15 is 0 Å². The number of hydrogen-bond acceptors (Lipinski definition) is 3. The summed E-state index contributed by atoms with van der Waals surface area (Å²) in [7, 11) is 0. The average molecular weight is 386 g/mol. The minimum absolute atomic E-state index is 0.0420. The van der Waals surface area contributed by atoms with Crippen molar-refractivity contribution in [2.75, 3.05) is 26.2 Å². The molecule has 2 heterocycles. The summed E-state index contributed by atoms with van der Waals surface area (Å²) >= 11 is 0. The van der Waals surface area contributed by atoms with E-state index in [1.54, 1.807) is 4.90 Å². The number of hydrogen-bond donors (Lipinski definition) is 1. The third-order valence-electron chi connectivity index (χ3n) is 6.10. The minimum atomic E-state index is -0.271. The Labute approximate surface area is 169 Å². The van der Waals surface area contributed by atoms with E-state index in [4.69, 9.17) is 0 Å². The summed E-state index contributed by atoms with van der Waals surface area (Å²) in [5, 5.41) is 3.18. The average Bonchev–Trinajstić information content (AvgIpc) is 2.97. The van der Waals surface area contributed by atoms with Gasteiger partial charge in [-0.3, -0.25) is 14.5 Å². The lowest BCUT2D eigenvalue weighted by Crippen LogP contribution is -2.52. The second-order valence-corrected chi connectivity index (χ2v) is 8.28. The van der Waals surface area contributed by atoms with Crippen LogP contribution in [-0.4, -0.2) is 53.8 Å². The third-order valence-corrected chi connectivity index (χ3v) is 6.10. The van der Waals surface area contributed by atoms with Crippen LogP contribution in [0.3, 0.4) is 0 Å². The molecule has 2 unspecified atom stereocenters. The first kappa shape index (κ1) is 20.8. The van der Waals surface area contributed by atoms with Gasteiger partial charge in [0, 0.05) is 32.6 Å². The standard InChI is InChI=1S/C23H35N3O2/c1-2-22(27)26-15-9-7-13-21(26)23(28)24-16-20-12-6-8-14-25(18-20)17-19-10-4-3-5-11-19/h3-5,10-11,20-21H,2,6-9,12-18H2,1H3,(H,24,28). The molecule has 5 heteroatoms. The maximum atomic E-state index is 12.8. The van der Waals surface area contributed by atoms with Crippen LogP contribution in [0.4, 0.5) is 0 Å². The fourth-order valence-electron chi connectivity index (χ4n) is 4.54. The molecule has 5 nitrogen and oxygen atoms in total. The van der Waals surface area contributed by atoms with E-state index in [0.717, 1.165) is 58.4 Å². The van der Waals surface area contributed by atoms with Crippen molar-refractivity contribution in [1.29, 1.82) is 0 Å². The molecule has 1 aromatic carbocycles. The molecule has 3 rings (SSSR count). The second kappa shape index (κ2) is 10.6. The molecule has 0 spiro atoms. The SMILES string of the molecule is CCC(=O)N1CCCCC1C(=O)NCC1CCCCN(Cc2ccccc2)C1. The molecule has 0 saturated carbocycles. The van der Waals surface area contributed by atoms with Crippen molar-refractivity contribution in [3.8, 4) is 0 Å². The molecule has 2 amide bonds. The summed E-state index contributed by atoms with van der Waals surface area (Å²) < 4.78 is 0. The first-order valence-corrected chi connectivity index (χ1v) is 11.0. The van der Waals surface area contributed by atoms with Gasteiger partial charge in [0.15, 0.2) is 0 Å². The quantitative estimate of drug-likeness (QED) is 0.818. The van der Waals surface area contributed by atoms with E-state index in [0.29, 0.717) is 12.3 Å². The molecule has 1 N–H and O–H groups in total. The van der Waals surface area contributed by atoms with Crippen molar-refractivity contribution in [2.24, 2.45) is 5.92 Å². The summed E-state index contributed by atoms with van der Waals surface area (Å²) in [6, 6.07) is 10.3. The first-order valence-electron chi connectivity index (χ1n) is 11.0. The molecule has 2 aliphatic rings. The molecule has 28 heavy (non-hydrogen) atoms. The highest BCUT2D eigenvalue weighted by atomic mass is 16.2. The largest absolute Gasteiger partial charge is 0.354 e. The fourth-order valence-corrected chi connectivity index (χ4v) is 4.54. The van der Waals surface area contributed by atoms with Gasteiger partial charge in [-0.05, 0) is 50.1 Å². The van der Waals surface area contributed by atoms with E-state index in [9.17, 15) is 9.59 Å². The third kappa shape index (κ3) is 5.81. The van der Waals surface area contributed by atoms with Crippen LogP contribution in [0.5, 0.6) is 0 Å². The number of rotatable bonds is 6. The van der Waals surface area contributed by atoms with Gasteiger partial charge in [-0.25, -0.2) is 0 Å². The Hall–Kier alpha value is -1.88. The molecule has 2 fully saturated rings. The van der Waals surface area contributed by atoms with E-state index < -0.39 is 0 Å². The normalized spacial score (nSPS) is 23.8. The van der Waals surface area contributed by atoms with Crippen molar-refractivity contribution < 1.29 is 9.59 Å². The van der Waals surface area contributed by atoms with Gasteiger partial charge >= 0.3 is 0 Å². The van der Waals surface area contributed by atoms with Crippen molar-refractivity contribution >= 4 is 11.8 Å². The maximum absolute atomic E-state index is 12.8. The molecule has 1 aromatic rings. The fraction of sp³-hybridized carbons (Fsp3) is 0.652. The zero-order chi connectivity index (χ0) is 19.8. The van der Waals surface area contributed by atoms with Gasteiger partial charge in [0.05, 0.1) is 0 Å². The van der Waals surface area contributed by atoms with Crippen LogP contribution in [0.1, 0.15) is 57.4 Å². The van der Waals surface area contributed by atoms with Gasteiger partial charge in [-0.2, -0.15) is 0 Å². The van der Waals surface area contributed by atoms with Crippen LogP contribution in [0.2, 0.25) is 0 Å². The Balaban J connectivity index is 1.52. The van der Waals surface area contributed by atoms with Crippen molar-refractivity contribution in [3.63, 3.8) is 0 Å². The van der Waals surface area contributed by atoms with Crippen molar-refractivity contribution in [2.45, 2.75) is 64.5 Å². The van der Waals surface area contributed by atoms with E-state index in [1.165, 1.54) is 18.4 Å². The number of benzene rings is 1. The van der Waals surface area contributed by atoms with E-state index in [-0.39, 0.29) is 17.9 Å². The highest BCUT2D eigenvalue weighted by Gasteiger charge is 2.31. The summed E-state index contributed by atoms with van der Waals surface area (Å²) in [5.74, 6) is 0.623. The lowest BCUT2D eigenvalue weighted by molar-refractivity contribution is -0.142. The van der Waals surface area contributed by atoms with Crippen LogP contribution in [0, 0.1) is 5.92 Å². The van der Waals surface area contributed by atoms with Gasteiger partial charge in [-0.15, -0.1) is 0 Å². The van der Waals surface area contributed by atoms with E-state index in [1.807, 2.05) is 6.92 Å². The van der Waals surface area contributed by atoms with Crippen LogP contribution in [-0.2, 0) is 16.1 Å². The van der Waals surface area contributed by atoms with Gasteiger partial charge in [0.25, 0.3) is 0 Å². The molecule has 2 aliphatic heterocycles. The number of carbonyl (C=O) groups excluding carboxylic acids is 2. The Morgan fingerprint density at radius 1 is 1.04 bits per heavy atom. The smallest absolute Gasteiger partial charge is 0.242 e. The summed E-state index contributed by atoms with van der Waals surface area (Å²) in [6.07, 6.45) is 6.90. The molecule has 2 atom stereocenters. The van der Waals surface area contributed by atoms with Crippen LogP contribution in [0.15, 0.2) is 30.3 Å². The molecule has 0 aliphatic carbocycles. The number of carbonyl (C=O) groups is 2. The number of nitrogens with one attached hydrogen (secondary N) is 1.